The molecule has 0 radical (unpaired) electrons. The summed E-state index contributed by atoms with van der Waals surface area (Å²) in [6.07, 6.45) is 7.71. The fraction of sp³-hybridized carbons (Fsp3) is 0.441. The van der Waals surface area contributed by atoms with Crippen LogP contribution in [0, 0.1) is 11.8 Å². The molecule has 0 amide bonds. The molecular formula is C34H40ClNO2. The minimum absolute atomic E-state index is 0.106. The van der Waals surface area contributed by atoms with Gasteiger partial charge in [-0.3, -0.25) is 4.99 Å². The second-order valence-corrected chi connectivity index (χ2v) is 12.0. The van der Waals surface area contributed by atoms with E-state index >= 15 is 0 Å². The number of hydrogen-bond acceptors (Lipinski definition) is 3. The highest BCUT2D eigenvalue weighted by molar-refractivity contribution is 6.30. The van der Waals surface area contributed by atoms with Gasteiger partial charge in [-0.15, -0.1) is 0 Å². The maximum absolute atomic E-state index is 6.30. The molecule has 2 aliphatic rings. The molecule has 200 valence electrons. The third kappa shape index (κ3) is 5.70. The van der Waals surface area contributed by atoms with Crippen LogP contribution in [0.25, 0.3) is 0 Å². The summed E-state index contributed by atoms with van der Waals surface area (Å²) in [7, 11) is 1.70. The lowest BCUT2D eigenvalue weighted by molar-refractivity contribution is 0.0697. The first-order valence-corrected chi connectivity index (χ1v) is 14.3. The van der Waals surface area contributed by atoms with Crippen molar-refractivity contribution in [3.63, 3.8) is 0 Å². The van der Waals surface area contributed by atoms with Crippen LogP contribution in [0.4, 0.5) is 0 Å². The molecule has 0 bridgehead atoms. The van der Waals surface area contributed by atoms with E-state index in [1.54, 1.807) is 12.7 Å². The quantitative estimate of drug-likeness (QED) is 0.247. The summed E-state index contributed by atoms with van der Waals surface area (Å²) in [6.45, 7) is 7.83. The molecular weight excluding hydrogens is 490 g/mol. The molecule has 1 fully saturated rings. The van der Waals surface area contributed by atoms with E-state index in [0.717, 1.165) is 49.5 Å². The zero-order valence-electron chi connectivity index (χ0n) is 22.8. The van der Waals surface area contributed by atoms with E-state index in [1.165, 1.54) is 29.5 Å². The molecule has 1 saturated carbocycles. The first-order chi connectivity index (χ1) is 18.4. The predicted octanol–water partition coefficient (Wildman–Crippen LogP) is 8.26. The normalized spacial score (nSPS) is 25.2. The Morgan fingerprint density at radius 1 is 0.974 bits per heavy atom. The minimum Gasteiger partial charge on any atom is -0.497 e. The second-order valence-electron chi connectivity index (χ2n) is 11.6. The number of methoxy groups -OCH3 is 1. The fourth-order valence-corrected chi connectivity index (χ4v) is 7.30. The van der Waals surface area contributed by atoms with E-state index in [1.807, 2.05) is 24.3 Å². The largest absolute Gasteiger partial charge is 0.497 e. The van der Waals surface area contributed by atoms with Crippen molar-refractivity contribution in [3.8, 4) is 5.75 Å². The van der Waals surface area contributed by atoms with Crippen molar-refractivity contribution in [2.45, 2.75) is 69.4 Å². The van der Waals surface area contributed by atoms with E-state index in [-0.39, 0.29) is 11.0 Å². The van der Waals surface area contributed by atoms with Crippen molar-refractivity contribution in [1.29, 1.82) is 0 Å². The molecule has 0 aromatic heterocycles. The highest BCUT2D eigenvalue weighted by Gasteiger charge is 2.51. The standard InChI is InChI=1S/C34H40ClNO2/c1-25(23-38-24-26-11-13-31(37-3)14-12-26)19-29-21-28-8-4-5-10-32(28)34(29)17-15-33(36-2,16-18-34)22-27-7-6-9-30(35)20-27/h4-14,20,25,29H,2,15-19,21-24H2,1,3H3/t25-,29+,33?,34?/m1/s1. The molecule has 0 aliphatic heterocycles. The number of fused-ring (bicyclic) bond motifs is 2. The van der Waals surface area contributed by atoms with Crippen LogP contribution >= 0.6 is 11.6 Å². The van der Waals surface area contributed by atoms with Gasteiger partial charge in [-0.1, -0.05) is 67.1 Å². The molecule has 2 aliphatic carbocycles. The van der Waals surface area contributed by atoms with Gasteiger partial charge in [0.25, 0.3) is 0 Å². The van der Waals surface area contributed by atoms with Crippen LogP contribution < -0.4 is 4.74 Å². The maximum atomic E-state index is 6.30. The average molecular weight is 530 g/mol. The first kappa shape index (κ1) is 27.0. The third-order valence-electron chi connectivity index (χ3n) is 9.15. The number of ether oxygens (including phenoxy) is 2. The number of rotatable bonds is 10. The molecule has 0 heterocycles. The van der Waals surface area contributed by atoms with Crippen LogP contribution in [0.1, 0.15) is 61.3 Å². The first-order valence-electron chi connectivity index (χ1n) is 14.0. The van der Waals surface area contributed by atoms with E-state index in [2.05, 4.69) is 62.2 Å². The van der Waals surface area contributed by atoms with Gasteiger partial charge in [0, 0.05) is 11.6 Å². The Hall–Kier alpha value is -2.62. The van der Waals surface area contributed by atoms with Gasteiger partial charge in [-0.2, -0.15) is 0 Å². The molecule has 4 heteroatoms. The molecule has 0 N–H and O–H groups in total. The van der Waals surface area contributed by atoms with Crippen molar-refractivity contribution in [2.75, 3.05) is 13.7 Å². The molecule has 3 nitrogen and oxygen atoms in total. The Kier molecular flexibility index (Phi) is 8.26. The van der Waals surface area contributed by atoms with Crippen molar-refractivity contribution < 1.29 is 9.47 Å². The van der Waals surface area contributed by atoms with E-state index in [9.17, 15) is 0 Å². The zero-order chi connectivity index (χ0) is 26.6. The molecule has 3 aromatic carbocycles. The summed E-state index contributed by atoms with van der Waals surface area (Å²) in [5.74, 6) is 2.01. The van der Waals surface area contributed by atoms with Gasteiger partial charge in [0.05, 0.1) is 19.3 Å². The van der Waals surface area contributed by atoms with Crippen LogP contribution in [0.2, 0.25) is 5.02 Å². The summed E-state index contributed by atoms with van der Waals surface area (Å²) in [4.78, 5) is 4.76. The lowest BCUT2D eigenvalue weighted by Gasteiger charge is -2.47. The van der Waals surface area contributed by atoms with Crippen LogP contribution in [0.3, 0.4) is 0 Å². The average Bonchev–Trinajstić information content (AvgIpc) is 3.23. The van der Waals surface area contributed by atoms with E-state index in [0.29, 0.717) is 18.4 Å². The number of aliphatic imine (C=N–C) groups is 1. The highest BCUT2D eigenvalue weighted by atomic mass is 35.5. The van der Waals surface area contributed by atoms with E-state index in [4.69, 9.17) is 26.1 Å². The van der Waals surface area contributed by atoms with Crippen molar-refractivity contribution in [1.82, 2.24) is 0 Å². The van der Waals surface area contributed by atoms with Crippen LogP contribution in [0.5, 0.6) is 5.75 Å². The van der Waals surface area contributed by atoms with Gasteiger partial charge in [0.1, 0.15) is 5.75 Å². The summed E-state index contributed by atoms with van der Waals surface area (Å²) in [5, 5.41) is 0.793. The van der Waals surface area contributed by atoms with Gasteiger partial charge in [0.2, 0.25) is 0 Å². The lowest BCUT2D eigenvalue weighted by atomic mass is 9.59. The number of hydrogen-bond donors (Lipinski definition) is 0. The van der Waals surface area contributed by atoms with Crippen LogP contribution in [0.15, 0.2) is 77.8 Å². The Morgan fingerprint density at radius 2 is 1.74 bits per heavy atom. The highest BCUT2D eigenvalue weighted by Crippen LogP contribution is 2.56. The molecule has 0 unspecified atom stereocenters. The number of halogens is 1. The zero-order valence-corrected chi connectivity index (χ0v) is 23.6. The van der Waals surface area contributed by atoms with Gasteiger partial charge in [-0.25, -0.2) is 0 Å². The third-order valence-corrected chi connectivity index (χ3v) is 9.38. The minimum atomic E-state index is -0.106. The van der Waals surface area contributed by atoms with Crippen molar-refractivity contribution in [2.24, 2.45) is 16.8 Å². The lowest BCUT2D eigenvalue weighted by Crippen LogP contribution is -2.44. The van der Waals surface area contributed by atoms with Gasteiger partial charge in [-0.05, 0) is 115 Å². The Labute approximate surface area is 233 Å². The number of nitrogens with zero attached hydrogens (tertiary/aromatic N) is 1. The van der Waals surface area contributed by atoms with Crippen molar-refractivity contribution >= 4 is 18.3 Å². The number of benzene rings is 3. The molecule has 38 heavy (non-hydrogen) atoms. The van der Waals surface area contributed by atoms with Crippen LogP contribution in [-0.2, 0) is 29.6 Å². The predicted molar refractivity (Wildman–Crippen MR) is 158 cm³/mol. The summed E-state index contributed by atoms with van der Waals surface area (Å²) in [5.41, 5.74) is 5.68. The fourth-order valence-electron chi connectivity index (χ4n) is 7.08. The Balaban J connectivity index is 1.25. The Morgan fingerprint density at radius 3 is 2.45 bits per heavy atom. The summed E-state index contributed by atoms with van der Waals surface area (Å²) in [6, 6.07) is 25.6. The molecule has 0 saturated heterocycles. The molecule has 2 atom stereocenters. The Bertz CT molecular complexity index is 1230. The monoisotopic (exact) mass is 529 g/mol. The second kappa shape index (κ2) is 11.6. The molecule has 1 spiro atoms. The topological polar surface area (TPSA) is 30.8 Å². The molecule has 3 aromatic rings. The SMILES string of the molecule is C=NC1(Cc2cccc(Cl)c2)CCC2(CC1)c1ccccc1C[C@@H]2C[C@@H](C)COCc1ccc(OC)cc1. The summed E-state index contributed by atoms with van der Waals surface area (Å²) < 4.78 is 11.4. The van der Waals surface area contributed by atoms with Gasteiger partial charge < -0.3 is 9.47 Å². The van der Waals surface area contributed by atoms with Gasteiger partial charge in [0.15, 0.2) is 0 Å². The van der Waals surface area contributed by atoms with Gasteiger partial charge >= 0.3 is 0 Å². The maximum Gasteiger partial charge on any atom is 0.118 e. The van der Waals surface area contributed by atoms with Crippen molar-refractivity contribution in [3.05, 3.63) is 100 Å². The smallest absolute Gasteiger partial charge is 0.118 e. The summed E-state index contributed by atoms with van der Waals surface area (Å²) >= 11 is 6.30. The van der Waals surface area contributed by atoms with E-state index < -0.39 is 0 Å². The van der Waals surface area contributed by atoms with Crippen LogP contribution in [-0.4, -0.2) is 26.0 Å². The molecule has 5 rings (SSSR count).